The molecule has 6 nitrogen and oxygen atoms in total. The number of aryl methyl sites for hydroxylation is 2. The van der Waals surface area contributed by atoms with Gasteiger partial charge in [-0.3, -0.25) is 4.79 Å². The molecule has 0 aliphatic rings. The number of carbonyl (C=O) groups excluding carboxylic acids is 1. The van der Waals surface area contributed by atoms with Crippen molar-refractivity contribution in [1.82, 2.24) is 10.0 Å². The Bertz CT molecular complexity index is 582. The molecule has 1 aromatic carbocycles. The molecule has 0 atom stereocenters. The van der Waals surface area contributed by atoms with Crippen LogP contribution in [-0.2, 0) is 14.8 Å². The van der Waals surface area contributed by atoms with E-state index < -0.39 is 10.0 Å². The summed E-state index contributed by atoms with van der Waals surface area (Å²) in [7, 11) is -3.67. The van der Waals surface area contributed by atoms with Crippen molar-refractivity contribution < 1.29 is 13.2 Å². The number of rotatable bonds is 5. The lowest BCUT2D eigenvalue weighted by Crippen LogP contribution is -2.34. The van der Waals surface area contributed by atoms with Crippen molar-refractivity contribution in [2.75, 3.05) is 18.8 Å². The Hall–Kier alpha value is -1.60. The van der Waals surface area contributed by atoms with Crippen LogP contribution in [0.1, 0.15) is 18.1 Å². The topological polar surface area (TPSA) is 101 Å². The predicted octanol–water partition coefficient (Wildman–Crippen LogP) is 0.300. The first kappa shape index (κ1) is 15.5. The van der Waals surface area contributed by atoms with Gasteiger partial charge in [0.05, 0.1) is 5.69 Å². The number of amides is 1. The highest BCUT2D eigenvalue weighted by Crippen LogP contribution is 2.25. The summed E-state index contributed by atoms with van der Waals surface area (Å²) in [4.78, 5) is 10.8. The van der Waals surface area contributed by atoms with E-state index in [1.165, 1.54) is 6.92 Å². The maximum Gasteiger partial charge on any atom is 0.242 e. The van der Waals surface area contributed by atoms with Gasteiger partial charge in [-0.1, -0.05) is 12.1 Å². The number of hydrogen-bond donors (Lipinski definition) is 3. The van der Waals surface area contributed by atoms with Crippen LogP contribution >= 0.6 is 0 Å². The molecule has 0 radical (unpaired) electrons. The number of nitrogens with one attached hydrogen (secondary N) is 2. The lowest BCUT2D eigenvalue weighted by molar-refractivity contribution is -0.118. The molecule has 7 heteroatoms. The first-order chi connectivity index (χ1) is 8.75. The normalized spacial score (nSPS) is 11.3. The molecule has 0 saturated carbocycles. The lowest BCUT2D eigenvalue weighted by atomic mass is 10.1. The Kier molecular flexibility index (Phi) is 4.90. The van der Waals surface area contributed by atoms with E-state index in [-0.39, 0.29) is 29.6 Å². The molecule has 0 unspecified atom stereocenters. The Morgan fingerprint density at radius 3 is 2.37 bits per heavy atom. The minimum Gasteiger partial charge on any atom is -0.397 e. The summed E-state index contributed by atoms with van der Waals surface area (Å²) < 4.78 is 26.8. The SMILES string of the molecule is CC(=O)NCCNS(=O)(=O)c1c(C)ccc(C)c1N. The van der Waals surface area contributed by atoms with Crippen LogP contribution in [0.3, 0.4) is 0 Å². The van der Waals surface area contributed by atoms with Gasteiger partial charge in [0.15, 0.2) is 0 Å². The van der Waals surface area contributed by atoms with Crippen molar-refractivity contribution in [2.45, 2.75) is 25.7 Å². The molecule has 1 amide bonds. The van der Waals surface area contributed by atoms with Crippen LogP contribution in [0.2, 0.25) is 0 Å². The van der Waals surface area contributed by atoms with Crippen LogP contribution in [0.5, 0.6) is 0 Å². The van der Waals surface area contributed by atoms with Crippen LogP contribution in [0.4, 0.5) is 5.69 Å². The van der Waals surface area contributed by atoms with Gasteiger partial charge in [-0.05, 0) is 25.0 Å². The highest BCUT2D eigenvalue weighted by molar-refractivity contribution is 7.89. The predicted molar refractivity (Wildman–Crippen MR) is 74.2 cm³/mol. The summed E-state index contributed by atoms with van der Waals surface area (Å²) in [6.45, 7) is 5.18. The largest absolute Gasteiger partial charge is 0.397 e. The monoisotopic (exact) mass is 285 g/mol. The molecule has 0 spiro atoms. The summed E-state index contributed by atoms with van der Waals surface area (Å²) in [5.41, 5.74) is 7.40. The molecule has 0 aromatic heterocycles. The third-order valence-electron chi connectivity index (χ3n) is 2.67. The molecule has 0 bridgehead atoms. The fraction of sp³-hybridized carbons (Fsp3) is 0.417. The van der Waals surface area contributed by atoms with E-state index in [1.807, 2.05) is 0 Å². The molecule has 19 heavy (non-hydrogen) atoms. The van der Waals surface area contributed by atoms with Gasteiger partial charge in [-0.25, -0.2) is 13.1 Å². The fourth-order valence-corrected chi connectivity index (χ4v) is 3.12. The van der Waals surface area contributed by atoms with Gasteiger partial charge in [0.25, 0.3) is 0 Å². The van der Waals surface area contributed by atoms with E-state index >= 15 is 0 Å². The zero-order valence-electron chi connectivity index (χ0n) is 11.3. The van der Waals surface area contributed by atoms with E-state index in [0.29, 0.717) is 11.1 Å². The van der Waals surface area contributed by atoms with E-state index in [0.717, 1.165) is 0 Å². The summed E-state index contributed by atoms with van der Waals surface area (Å²) in [6, 6.07) is 3.50. The third kappa shape index (κ3) is 3.93. The first-order valence-electron chi connectivity index (χ1n) is 5.85. The van der Waals surface area contributed by atoms with Crippen LogP contribution in [0, 0.1) is 13.8 Å². The molecule has 0 aliphatic heterocycles. The summed E-state index contributed by atoms with van der Waals surface area (Å²) in [5.74, 6) is -0.203. The van der Waals surface area contributed by atoms with Gasteiger partial charge in [0, 0.05) is 20.0 Å². The average molecular weight is 285 g/mol. The minimum atomic E-state index is -3.67. The number of carbonyl (C=O) groups is 1. The fourth-order valence-electron chi connectivity index (χ4n) is 1.66. The maximum absolute atomic E-state index is 12.2. The zero-order valence-corrected chi connectivity index (χ0v) is 12.1. The molecule has 1 rings (SSSR count). The maximum atomic E-state index is 12.2. The summed E-state index contributed by atoms with van der Waals surface area (Å²) in [5, 5.41) is 2.51. The molecule has 0 saturated heterocycles. The Morgan fingerprint density at radius 2 is 1.79 bits per heavy atom. The van der Waals surface area contributed by atoms with Gasteiger partial charge in [0.2, 0.25) is 15.9 Å². The van der Waals surface area contributed by atoms with Crippen molar-refractivity contribution in [3.63, 3.8) is 0 Å². The summed E-state index contributed by atoms with van der Waals surface area (Å²) in [6.07, 6.45) is 0. The van der Waals surface area contributed by atoms with Crippen molar-refractivity contribution in [3.8, 4) is 0 Å². The highest BCUT2D eigenvalue weighted by Gasteiger charge is 2.20. The Balaban J connectivity index is 2.89. The lowest BCUT2D eigenvalue weighted by Gasteiger charge is -2.13. The number of anilines is 1. The number of nitrogens with two attached hydrogens (primary N) is 1. The molecule has 0 aliphatic carbocycles. The van der Waals surface area contributed by atoms with Crippen LogP contribution in [0.25, 0.3) is 0 Å². The van der Waals surface area contributed by atoms with Crippen molar-refractivity contribution in [1.29, 1.82) is 0 Å². The molecule has 0 heterocycles. The van der Waals surface area contributed by atoms with Gasteiger partial charge in [-0.15, -0.1) is 0 Å². The molecule has 0 fully saturated rings. The minimum absolute atomic E-state index is 0.107. The molecular formula is C12H19N3O3S. The highest BCUT2D eigenvalue weighted by atomic mass is 32.2. The number of hydrogen-bond acceptors (Lipinski definition) is 4. The summed E-state index contributed by atoms with van der Waals surface area (Å²) >= 11 is 0. The van der Waals surface area contributed by atoms with Crippen molar-refractivity contribution in [3.05, 3.63) is 23.3 Å². The Labute approximate surface area is 113 Å². The van der Waals surface area contributed by atoms with Crippen LogP contribution in [0.15, 0.2) is 17.0 Å². The second-order valence-electron chi connectivity index (χ2n) is 4.32. The number of sulfonamides is 1. The quantitative estimate of drug-likeness (QED) is 0.535. The molecule has 106 valence electrons. The first-order valence-corrected chi connectivity index (χ1v) is 7.34. The van der Waals surface area contributed by atoms with Crippen molar-refractivity contribution in [2.24, 2.45) is 0 Å². The van der Waals surface area contributed by atoms with E-state index in [1.54, 1.807) is 26.0 Å². The third-order valence-corrected chi connectivity index (χ3v) is 4.33. The van der Waals surface area contributed by atoms with Gasteiger partial charge in [-0.2, -0.15) is 0 Å². The molecule has 4 N–H and O–H groups in total. The van der Waals surface area contributed by atoms with E-state index in [4.69, 9.17) is 5.73 Å². The van der Waals surface area contributed by atoms with Gasteiger partial charge >= 0.3 is 0 Å². The van der Waals surface area contributed by atoms with Crippen LogP contribution in [-0.4, -0.2) is 27.4 Å². The standard InChI is InChI=1S/C12H19N3O3S/c1-8-4-5-9(2)12(11(8)13)19(17,18)15-7-6-14-10(3)16/h4-5,15H,6-7,13H2,1-3H3,(H,14,16). The Morgan fingerprint density at radius 1 is 1.21 bits per heavy atom. The van der Waals surface area contributed by atoms with Crippen LogP contribution < -0.4 is 15.8 Å². The second-order valence-corrected chi connectivity index (χ2v) is 6.03. The smallest absolute Gasteiger partial charge is 0.242 e. The van der Waals surface area contributed by atoms with Crippen molar-refractivity contribution >= 4 is 21.6 Å². The average Bonchev–Trinajstić information content (AvgIpc) is 2.29. The number of benzene rings is 1. The molecular weight excluding hydrogens is 266 g/mol. The molecule has 1 aromatic rings. The number of nitrogen functional groups attached to an aromatic ring is 1. The van der Waals surface area contributed by atoms with Gasteiger partial charge < -0.3 is 11.1 Å². The second kappa shape index (κ2) is 6.03. The van der Waals surface area contributed by atoms with E-state index in [9.17, 15) is 13.2 Å². The van der Waals surface area contributed by atoms with E-state index in [2.05, 4.69) is 10.0 Å². The van der Waals surface area contributed by atoms with Gasteiger partial charge in [0.1, 0.15) is 4.90 Å². The zero-order chi connectivity index (χ0) is 14.6.